The lowest BCUT2D eigenvalue weighted by molar-refractivity contribution is -0.384. The molecule has 2 aliphatic rings. The zero-order valence-electron chi connectivity index (χ0n) is 24.0. The smallest absolute Gasteiger partial charge is 0.338 e. The number of nitro groups is 1. The van der Waals surface area contributed by atoms with E-state index in [0.29, 0.717) is 50.2 Å². The summed E-state index contributed by atoms with van der Waals surface area (Å²) in [6.07, 6.45) is 1.56. The number of fused-ring (bicyclic) bond motifs is 2. The molecule has 11 nitrogen and oxygen atoms in total. The highest BCUT2D eigenvalue weighted by Gasteiger charge is 2.36. The fourth-order valence-corrected chi connectivity index (χ4v) is 6.55. The van der Waals surface area contributed by atoms with Gasteiger partial charge in [-0.2, -0.15) is 0 Å². The van der Waals surface area contributed by atoms with E-state index in [4.69, 9.17) is 35.2 Å². The molecule has 1 atom stereocenters. The first-order chi connectivity index (χ1) is 22.3. The van der Waals surface area contributed by atoms with E-state index in [-0.39, 0.29) is 34.2 Å². The number of aromatic nitrogens is 1. The van der Waals surface area contributed by atoms with E-state index in [9.17, 15) is 19.7 Å². The lowest BCUT2D eigenvalue weighted by Crippen LogP contribution is -2.40. The Kier molecular flexibility index (Phi) is 7.51. The van der Waals surface area contributed by atoms with Crippen LogP contribution in [0.2, 0.25) is 5.02 Å². The Morgan fingerprint density at radius 3 is 2.70 bits per heavy atom. The Balaban J connectivity index is 1.41. The van der Waals surface area contributed by atoms with E-state index in [2.05, 4.69) is 0 Å². The molecular weight excluding hydrogens is 634 g/mol. The van der Waals surface area contributed by atoms with Crippen LogP contribution in [-0.2, 0) is 9.53 Å². The molecule has 0 N–H and O–H groups in total. The van der Waals surface area contributed by atoms with Crippen molar-refractivity contribution in [2.45, 2.75) is 13.0 Å². The predicted octanol–water partition coefficient (Wildman–Crippen LogP) is 5.49. The van der Waals surface area contributed by atoms with Crippen LogP contribution in [0.3, 0.4) is 0 Å². The fraction of sp³-hybridized carbons (Fsp3) is 0.121. The van der Waals surface area contributed by atoms with Gasteiger partial charge in [0.2, 0.25) is 6.79 Å². The molecule has 0 saturated heterocycles. The Hall–Kier alpha value is -5.46. The second kappa shape index (κ2) is 11.8. The van der Waals surface area contributed by atoms with Crippen LogP contribution in [0.4, 0.5) is 5.69 Å². The average molecular weight is 656 g/mol. The minimum atomic E-state index is -0.905. The SMILES string of the molecule is CCOC(=O)C1=C(c2ccccc2)N=c2s/c(=C\c3ccc(-c4cc([N+](=O)[O-])ccc4Cl)o3)c(=O)n2C1c1ccc2c(c1)OCO2. The van der Waals surface area contributed by atoms with Crippen molar-refractivity contribution in [2.75, 3.05) is 13.4 Å². The monoisotopic (exact) mass is 655 g/mol. The van der Waals surface area contributed by atoms with Crippen molar-refractivity contribution in [3.8, 4) is 22.8 Å². The van der Waals surface area contributed by atoms with Crippen LogP contribution < -0.4 is 24.4 Å². The second-order valence-corrected chi connectivity index (χ2v) is 11.6. The summed E-state index contributed by atoms with van der Waals surface area (Å²) >= 11 is 7.45. The molecule has 5 aromatic rings. The lowest BCUT2D eigenvalue weighted by atomic mass is 9.93. The molecule has 0 bridgehead atoms. The van der Waals surface area contributed by atoms with Crippen molar-refractivity contribution in [1.29, 1.82) is 0 Å². The van der Waals surface area contributed by atoms with Gasteiger partial charge in [-0.05, 0) is 42.8 Å². The van der Waals surface area contributed by atoms with Crippen LogP contribution in [0, 0.1) is 10.1 Å². The largest absolute Gasteiger partial charge is 0.463 e. The van der Waals surface area contributed by atoms with Gasteiger partial charge in [0.15, 0.2) is 16.3 Å². The number of carbonyl (C=O) groups excluding carboxylic acids is 1. The third-order valence-electron chi connectivity index (χ3n) is 7.41. The lowest BCUT2D eigenvalue weighted by Gasteiger charge is -2.26. The van der Waals surface area contributed by atoms with E-state index in [1.807, 2.05) is 30.3 Å². The van der Waals surface area contributed by atoms with Gasteiger partial charge in [-0.25, -0.2) is 9.79 Å². The van der Waals surface area contributed by atoms with Crippen molar-refractivity contribution in [2.24, 2.45) is 4.99 Å². The minimum Gasteiger partial charge on any atom is -0.463 e. The van der Waals surface area contributed by atoms with Gasteiger partial charge in [-0.3, -0.25) is 19.5 Å². The first-order valence-electron chi connectivity index (χ1n) is 14.0. The summed E-state index contributed by atoms with van der Waals surface area (Å²) in [5.74, 6) is 1.05. The van der Waals surface area contributed by atoms with Crippen molar-refractivity contribution in [3.05, 3.63) is 136 Å². The predicted molar refractivity (Wildman–Crippen MR) is 169 cm³/mol. The number of ether oxygens (including phenoxy) is 3. The molecular formula is C33H22ClN3O8S. The third kappa shape index (κ3) is 5.17. The van der Waals surface area contributed by atoms with Gasteiger partial charge in [0.25, 0.3) is 11.2 Å². The maximum Gasteiger partial charge on any atom is 0.338 e. The summed E-state index contributed by atoms with van der Waals surface area (Å²) in [5, 5.41) is 11.6. The van der Waals surface area contributed by atoms with Crippen LogP contribution in [0.1, 0.15) is 29.9 Å². The Morgan fingerprint density at radius 1 is 1.11 bits per heavy atom. The molecule has 2 aromatic heterocycles. The highest BCUT2D eigenvalue weighted by atomic mass is 35.5. The maximum absolute atomic E-state index is 14.2. The van der Waals surface area contributed by atoms with E-state index in [0.717, 1.165) is 11.3 Å². The molecule has 13 heteroatoms. The van der Waals surface area contributed by atoms with Crippen LogP contribution >= 0.6 is 22.9 Å². The summed E-state index contributed by atoms with van der Waals surface area (Å²) in [6.45, 7) is 1.89. The highest BCUT2D eigenvalue weighted by molar-refractivity contribution is 7.07. The molecule has 46 heavy (non-hydrogen) atoms. The van der Waals surface area contributed by atoms with Crippen LogP contribution in [0.5, 0.6) is 11.5 Å². The number of hydrogen-bond donors (Lipinski definition) is 0. The summed E-state index contributed by atoms with van der Waals surface area (Å²) in [7, 11) is 0. The molecule has 0 aliphatic carbocycles. The van der Waals surface area contributed by atoms with Gasteiger partial charge in [0.1, 0.15) is 11.5 Å². The number of hydrogen-bond acceptors (Lipinski definition) is 10. The zero-order chi connectivity index (χ0) is 31.9. The molecule has 0 radical (unpaired) electrons. The van der Waals surface area contributed by atoms with E-state index in [1.54, 1.807) is 43.3 Å². The number of esters is 1. The van der Waals surface area contributed by atoms with E-state index >= 15 is 0 Å². The quantitative estimate of drug-likeness (QED) is 0.128. The number of thiazole rings is 1. The summed E-state index contributed by atoms with van der Waals surface area (Å²) in [5.41, 5.74) is 1.66. The van der Waals surface area contributed by atoms with E-state index in [1.165, 1.54) is 22.8 Å². The van der Waals surface area contributed by atoms with Gasteiger partial charge in [0.05, 0.1) is 38.4 Å². The summed E-state index contributed by atoms with van der Waals surface area (Å²) in [6, 6.07) is 20.9. The number of benzene rings is 3. The number of halogens is 1. The zero-order valence-corrected chi connectivity index (χ0v) is 25.5. The Bertz CT molecular complexity index is 2250. The Labute approximate surface area is 269 Å². The van der Waals surface area contributed by atoms with Crippen molar-refractivity contribution < 1.29 is 28.3 Å². The average Bonchev–Trinajstić information content (AvgIpc) is 3.80. The molecule has 2 aliphatic heterocycles. The molecule has 7 rings (SSSR count). The van der Waals surface area contributed by atoms with Crippen LogP contribution in [-0.4, -0.2) is 28.9 Å². The van der Waals surface area contributed by atoms with Gasteiger partial charge in [-0.1, -0.05) is 59.3 Å². The second-order valence-electron chi connectivity index (χ2n) is 10.2. The molecule has 4 heterocycles. The molecule has 0 fully saturated rings. The fourth-order valence-electron chi connectivity index (χ4n) is 5.36. The number of rotatable bonds is 7. The minimum absolute atomic E-state index is 0.0596. The molecule has 230 valence electrons. The summed E-state index contributed by atoms with van der Waals surface area (Å²) < 4.78 is 24.4. The van der Waals surface area contributed by atoms with Gasteiger partial charge in [0, 0.05) is 29.3 Å². The van der Waals surface area contributed by atoms with Crippen molar-refractivity contribution in [3.63, 3.8) is 0 Å². The van der Waals surface area contributed by atoms with Crippen LogP contribution in [0.15, 0.2) is 98.6 Å². The van der Waals surface area contributed by atoms with Crippen molar-refractivity contribution >= 4 is 46.4 Å². The number of nitro benzene ring substituents is 1. The topological polar surface area (TPSA) is 135 Å². The van der Waals surface area contributed by atoms with Gasteiger partial charge >= 0.3 is 5.97 Å². The van der Waals surface area contributed by atoms with Gasteiger partial charge < -0.3 is 18.6 Å². The standard InChI is InChI=1S/C33H22ClN3O8S/c1-2-42-32(39)28-29(18-6-4-3-5-7-18)35-33-36(30(28)19-8-12-25-26(14-19)44-17-43-25)31(38)27(46-33)16-21-10-13-24(45-21)22-15-20(37(40)41)9-11-23(22)34/h3-16,30H,2,17H2,1H3/b27-16-. The normalized spacial score (nSPS) is 15.4. The molecule has 1 unspecified atom stereocenters. The van der Waals surface area contributed by atoms with Crippen LogP contribution in [0.25, 0.3) is 23.1 Å². The molecule has 0 saturated carbocycles. The first-order valence-corrected chi connectivity index (χ1v) is 15.2. The molecule has 0 spiro atoms. The summed E-state index contributed by atoms with van der Waals surface area (Å²) in [4.78, 5) is 43.8. The third-order valence-corrected chi connectivity index (χ3v) is 8.72. The van der Waals surface area contributed by atoms with Gasteiger partial charge in [-0.15, -0.1) is 0 Å². The molecule has 3 aromatic carbocycles. The Morgan fingerprint density at radius 2 is 1.91 bits per heavy atom. The molecule has 0 amide bonds. The number of carbonyl (C=O) groups is 1. The van der Waals surface area contributed by atoms with Crippen molar-refractivity contribution in [1.82, 2.24) is 4.57 Å². The maximum atomic E-state index is 14.2. The number of furan rings is 1. The number of non-ortho nitro benzene ring substituents is 1. The van der Waals surface area contributed by atoms with E-state index < -0.39 is 22.5 Å². The highest BCUT2D eigenvalue weighted by Crippen LogP contribution is 2.40. The first kappa shape index (κ1) is 29.3. The number of nitrogens with zero attached hydrogens (tertiary/aromatic N) is 3.